The summed E-state index contributed by atoms with van der Waals surface area (Å²) in [5.74, 6) is 1.27. The topological polar surface area (TPSA) is 48.0 Å². The molecule has 2 aromatic rings. The molecule has 0 saturated heterocycles. The van der Waals surface area contributed by atoms with E-state index in [1.165, 1.54) is 0 Å². The highest BCUT2D eigenvalue weighted by Crippen LogP contribution is 2.11. The molecule has 0 bridgehead atoms. The lowest BCUT2D eigenvalue weighted by Crippen LogP contribution is -2.01. The number of furan rings is 1. The Balaban J connectivity index is 2.08. The summed E-state index contributed by atoms with van der Waals surface area (Å²) in [6.07, 6.45) is 4.67. The van der Waals surface area contributed by atoms with Gasteiger partial charge < -0.3 is 4.42 Å². The molecule has 0 aliphatic carbocycles. The van der Waals surface area contributed by atoms with E-state index in [-0.39, 0.29) is 5.78 Å². The van der Waals surface area contributed by atoms with Gasteiger partial charge in [0.05, 0.1) is 6.20 Å². The summed E-state index contributed by atoms with van der Waals surface area (Å²) in [4.78, 5) is 11.8. The number of ketones is 1. The van der Waals surface area contributed by atoms with Gasteiger partial charge in [-0.15, -0.1) is 0 Å². The molecule has 84 valence electrons. The zero-order chi connectivity index (χ0) is 11.5. The van der Waals surface area contributed by atoms with Gasteiger partial charge in [0.25, 0.3) is 0 Å². The lowest BCUT2D eigenvalue weighted by atomic mass is 10.1. The lowest BCUT2D eigenvalue weighted by molar-refractivity contribution is 0.0965. The monoisotopic (exact) mass is 218 g/mol. The smallest absolute Gasteiger partial charge is 0.202 e. The number of hydrogen-bond donors (Lipinski definition) is 0. The van der Waals surface area contributed by atoms with Crippen LogP contribution in [0.2, 0.25) is 0 Å². The van der Waals surface area contributed by atoms with Crippen LogP contribution in [0.15, 0.2) is 28.9 Å². The SMILES string of the molecule is CCc1ccc(C(=O)Cc2cnn(C)c2)o1. The van der Waals surface area contributed by atoms with E-state index in [9.17, 15) is 4.79 Å². The summed E-state index contributed by atoms with van der Waals surface area (Å²) < 4.78 is 7.08. The predicted octanol–water partition coefficient (Wildman–Crippen LogP) is 2.00. The second-order valence-electron chi connectivity index (χ2n) is 3.74. The van der Waals surface area contributed by atoms with Crippen LogP contribution in [0.25, 0.3) is 0 Å². The van der Waals surface area contributed by atoms with E-state index < -0.39 is 0 Å². The largest absolute Gasteiger partial charge is 0.458 e. The number of nitrogens with zero attached hydrogens (tertiary/aromatic N) is 2. The Bertz CT molecular complexity index is 497. The first-order valence-corrected chi connectivity index (χ1v) is 5.28. The van der Waals surface area contributed by atoms with Gasteiger partial charge in [-0.3, -0.25) is 9.48 Å². The highest BCUT2D eigenvalue weighted by molar-refractivity contribution is 5.94. The van der Waals surface area contributed by atoms with Gasteiger partial charge in [-0.2, -0.15) is 5.10 Å². The van der Waals surface area contributed by atoms with E-state index in [2.05, 4.69) is 5.10 Å². The molecular formula is C12H14N2O2. The van der Waals surface area contributed by atoms with Crippen LogP contribution >= 0.6 is 0 Å². The normalized spacial score (nSPS) is 10.6. The first kappa shape index (κ1) is 10.7. The number of hydrogen-bond acceptors (Lipinski definition) is 3. The maximum absolute atomic E-state index is 11.8. The average molecular weight is 218 g/mol. The molecule has 0 aromatic carbocycles. The minimum Gasteiger partial charge on any atom is -0.458 e. The van der Waals surface area contributed by atoms with Crippen LogP contribution in [0.3, 0.4) is 0 Å². The van der Waals surface area contributed by atoms with Crippen LogP contribution in [0.5, 0.6) is 0 Å². The van der Waals surface area contributed by atoms with Gasteiger partial charge in [-0.1, -0.05) is 6.92 Å². The van der Waals surface area contributed by atoms with Crippen molar-refractivity contribution in [2.24, 2.45) is 7.05 Å². The zero-order valence-corrected chi connectivity index (χ0v) is 9.43. The highest BCUT2D eigenvalue weighted by atomic mass is 16.3. The van der Waals surface area contributed by atoms with Crippen molar-refractivity contribution in [3.8, 4) is 0 Å². The van der Waals surface area contributed by atoms with Crippen molar-refractivity contribution < 1.29 is 9.21 Å². The van der Waals surface area contributed by atoms with E-state index in [4.69, 9.17) is 4.42 Å². The van der Waals surface area contributed by atoms with Crippen molar-refractivity contribution >= 4 is 5.78 Å². The van der Waals surface area contributed by atoms with Crippen LogP contribution in [-0.4, -0.2) is 15.6 Å². The third-order valence-corrected chi connectivity index (χ3v) is 2.41. The number of carbonyl (C=O) groups is 1. The van der Waals surface area contributed by atoms with E-state index in [0.717, 1.165) is 17.7 Å². The molecule has 0 aliphatic heterocycles. The summed E-state index contributed by atoms with van der Waals surface area (Å²) in [5, 5.41) is 4.02. The molecule has 4 nitrogen and oxygen atoms in total. The number of carbonyl (C=O) groups excluding carboxylic acids is 1. The molecule has 4 heteroatoms. The van der Waals surface area contributed by atoms with Crippen molar-refractivity contribution in [3.05, 3.63) is 41.6 Å². The van der Waals surface area contributed by atoms with Crippen molar-refractivity contribution in [2.75, 3.05) is 0 Å². The molecule has 0 N–H and O–H groups in total. The molecular weight excluding hydrogens is 204 g/mol. The maximum atomic E-state index is 11.8. The molecule has 0 fully saturated rings. The Morgan fingerprint density at radius 2 is 2.31 bits per heavy atom. The molecule has 16 heavy (non-hydrogen) atoms. The molecule has 0 spiro atoms. The molecule has 0 saturated carbocycles. The van der Waals surface area contributed by atoms with Gasteiger partial charge in [0.2, 0.25) is 5.78 Å². The van der Waals surface area contributed by atoms with Crippen LogP contribution in [-0.2, 0) is 19.9 Å². The number of Topliss-reactive ketones (excluding diaryl/α,β-unsaturated/α-hetero) is 1. The third-order valence-electron chi connectivity index (χ3n) is 2.41. The van der Waals surface area contributed by atoms with Gasteiger partial charge in [-0.25, -0.2) is 0 Å². The van der Waals surface area contributed by atoms with Crippen molar-refractivity contribution in [2.45, 2.75) is 19.8 Å². The summed E-state index contributed by atoms with van der Waals surface area (Å²) in [6, 6.07) is 3.58. The molecule has 2 rings (SSSR count). The maximum Gasteiger partial charge on any atom is 0.202 e. The third kappa shape index (κ3) is 2.21. The second kappa shape index (κ2) is 4.35. The number of aromatic nitrogens is 2. The quantitative estimate of drug-likeness (QED) is 0.737. The number of aryl methyl sites for hydroxylation is 2. The minimum atomic E-state index is -0.00676. The summed E-state index contributed by atoms with van der Waals surface area (Å²) in [7, 11) is 1.83. The van der Waals surface area contributed by atoms with Crippen LogP contribution in [0.4, 0.5) is 0 Å². The predicted molar refractivity (Wildman–Crippen MR) is 59.3 cm³/mol. The molecule has 0 atom stereocenters. The van der Waals surface area contributed by atoms with Crippen molar-refractivity contribution in [1.29, 1.82) is 0 Å². The molecule has 0 amide bonds. The Labute approximate surface area is 93.9 Å². The standard InChI is InChI=1S/C12H14N2O2/c1-3-10-4-5-12(16-10)11(15)6-9-7-13-14(2)8-9/h4-5,7-8H,3,6H2,1-2H3. The van der Waals surface area contributed by atoms with Crippen molar-refractivity contribution in [3.63, 3.8) is 0 Å². The summed E-state index contributed by atoms with van der Waals surface area (Å²) in [6.45, 7) is 1.99. The van der Waals surface area contributed by atoms with Crippen LogP contribution < -0.4 is 0 Å². The van der Waals surface area contributed by atoms with Gasteiger partial charge in [-0.05, 0) is 17.7 Å². The Kier molecular flexibility index (Phi) is 2.90. The fourth-order valence-corrected chi connectivity index (χ4v) is 1.55. The van der Waals surface area contributed by atoms with E-state index >= 15 is 0 Å². The first-order chi connectivity index (χ1) is 7.69. The molecule has 0 unspecified atom stereocenters. The molecule has 2 aromatic heterocycles. The Morgan fingerprint density at radius 3 is 2.88 bits per heavy atom. The highest BCUT2D eigenvalue weighted by Gasteiger charge is 2.12. The minimum absolute atomic E-state index is 0.00676. The van der Waals surface area contributed by atoms with Crippen molar-refractivity contribution in [1.82, 2.24) is 9.78 Å². The fraction of sp³-hybridized carbons (Fsp3) is 0.333. The Hall–Kier alpha value is -1.84. The van der Waals surface area contributed by atoms with Gasteiger partial charge in [0.1, 0.15) is 5.76 Å². The summed E-state index contributed by atoms with van der Waals surface area (Å²) in [5.41, 5.74) is 0.905. The number of rotatable bonds is 4. The average Bonchev–Trinajstić information content (AvgIpc) is 2.87. The fourth-order valence-electron chi connectivity index (χ4n) is 1.55. The first-order valence-electron chi connectivity index (χ1n) is 5.28. The van der Waals surface area contributed by atoms with Gasteiger partial charge >= 0.3 is 0 Å². The van der Waals surface area contributed by atoms with E-state index in [1.807, 2.05) is 26.2 Å². The van der Waals surface area contributed by atoms with Crippen LogP contribution in [0, 0.1) is 0 Å². The van der Waals surface area contributed by atoms with Crippen LogP contribution in [0.1, 0.15) is 28.8 Å². The van der Waals surface area contributed by atoms with E-state index in [0.29, 0.717) is 12.2 Å². The lowest BCUT2D eigenvalue weighted by Gasteiger charge is -1.94. The van der Waals surface area contributed by atoms with Gasteiger partial charge in [0.15, 0.2) is 5.76 Å². The Morgan fingerprint density at radius 1 is 1.50 bits per heavy atom. The molecule has 0 radical (unpaired) electrons. The molecule has 2 heterocycles. The van der Waals surface area contributed by atoms with E-state index in [1.54, 1.807) is 16.9 Å². The summed E-state index contributed by atoms with van der Waals surface area (Å²) >= 11 is 0. The molecule has 0 aliphatic rings. The zero-order valence-electron chi connectivity index (χ0n) is 9.43. The second-order valence-corrected chi connectivity index (χ2v) is 3.74. The van der Waals surface area contributed by atoms with Gasteiger partial charge in [0, 0.05) is 26.1 Å².